The molecule has 1 aromatic carbocycles. The summed E-state index contributed by atoms with van der Waals surface area (Å²) in [5.41, 5.74) is -0.0988. The highest BCUT2D eigenvalue weighted by atomic mass is 35.5. The van der Waals surface area contributed by atoms with Crippen molar-refractivity contribution in [3.8, 4) is 0 Å². The molecule has 1 aliphatic heterocycles. The molecule has 3 rings (SSSR count). The molecule has 0 bridgehead atoms. The Labute approximate surface area is 153 Å². The van der Waals surface area contributed by atoms with Crippen LogP contribution in [0.5, 0.6) is 0 Å². The number of fused-ring (bicyclic) bond motifs is 1. The van der Waals surface area contributed by atoms with Gasteiger partial charge in [-0.25, -0.2) is 9.67 Å². The average Bonchev–Trinajstić information content (AvgIpc) is 2.95. The molecule has 132 valence electrons. The van der Waals surface area contributed by atoms with Gasteiger partial charge in [-0.2, -0.15) is 5.10 Å². The molecule has 25 heavy (non-hydrogen) atoms. The van der Waals surface area contributed by atoms with Gasteiger partial charge < -0.3 is 5.32 Å². The minimum atomic E-state index is -0.501. The summed E-state index contributed by atoms with van der Waals surface area (Å²) in [4.78, 5) is 27.6. The lowest BCUT2D eigenvalue weighted by atomic mass is 10.1. The average molecular weight is 382 g/mol. The van der Waals surface area contributed by atoms with Gasteiger partial charge in [-0.15, -0.1) is 11.8 Å². The van der Waals surface area contributed by atoms with E-state index in [0.29, 0.717) is 10.7 Å². The smallest absolute Gasteiger partial charge is 0.284 e. The molecule has 1 aliphatic rings. The van der Waals surface area contributed by atoms with Crippen LogP contribution in [0.15, 0.2) is 23.1 Å². The fourth-order valence-electron chi connectivity index (χ4n) is 2.74. The van der Waals surface area contributed by atoms with Crippen molar-refractivity contribution in [3.05, 3.63) is 45.0 Å². The van der Waals surface area contributed by atoms with E-state index in [0.717, 1.165) is 37.0 Å². The second-order valence-electron chi connectivity index (χ2n) is 5.66. The molecule has 10 heteroatoms. The van der Waals surface area contributed by atoms with Gasteiger partial charge in [-0.05, 0) is 31.9 Å². The van der Waals surface area contributed by atoms with Crippen LogP contribution in [-0.4, -0.2) is 31.3 Å². The van der Waals surface area contributed by atoms with E-state index in [1.165, 1.54) is 6.07 Å². The van der Waals surface area contributed by atoms with Gasteiger partial charge in [0.05, 0.1) is 21.6 Å². The third-order valence-electron chi connectivity index (χ3n) is 3.79. The summed E-state index contributed by atoms with van der Waals surface area (Å²) in [6, 6.07) is 4.23. The van der Waals surface area contributed by atoms with Crippen molar-refractivity contribution in [3.63, 3.8) is 0 Å². The predicted molar refractivity (Wildman–Crippen MR) is 93.7 cm³/mol. The largest absolute Gasteiger partial charge is 0.345 e. The molecule has 2 aromatic rings. The molecule has 1 amide bonds. The Balaban J connectivity index is 1.64. The summed E-state index contributed by atoms with van der Waals surface area (Å²) in [5, 5.41) is 18.6. The number of thioether (sulfide) groups is 1. The summed E-state index contributed by atoms with van der Waals surface area (Å²) in [6.45, 7) is 2.62. The number of aromatic nitrogens is 3. The summed E-state index contributed by atoms with van der Waals surface area (Å²) < 4.78 is 1.82. The van der Waals surface area contributed by atoms with Crippen molar-refractivity contribution in [1.82, 2.24) is 20.1 Å². The molecule has 0 saturated carbocycles. The van der Waals surface area contributed by atoms with Gasteiger partial charge in [0.2, 0.25) is 5.91 Å². The molecule has 0 spiro atoms. The van der Waals surface area contributed by atoms with Crippen LogP contribution < -0.4 is 5.32 Å². The Morgan fingerprint density at radius 2 is 2.36 bits per heavy atom. The minimum absolute atomic E-state index is 0.0755. The highest BCUT2D eigenvalue weighted by Gasteiger charge is 2.25. The molecular weight excluding hydrogens is 366 g/mol. The van der Waals surface area contributed by atoms with Crippen molar-refractivity contribution in [2.24, 2.45) is 0 Å². The Hall–Kier alpha value is -2.13. The Morgan fingerprint density at radius 1 is 1.56 bits per heavy atom. The Bertz CT molecular complexity index is 825. The van der Waals surface area contributed by atoms with Gasteiger partial charge in [0.1, 0.15) is 11.6 Å². The maximum atomic E-state index is 12.3. The van der Waals surface area contributed by atoms with Crippen LogP contribution >= 0.6 is 23.4 Å². The van der Waals surface area contributed by atoms with E-state index in [1.54, 1.807) is 12.1 Å². The van der Waals surface area contributed by atoms with Crippen LogP contribution in [0.1, 0.15) is 30.5 Å². The normalized spacial score (nSPS) is 16.3. The number of hydrogen-bond acceptors (Lipinski definition) is 6. The summed E-state index contributed by atoms with van der Waals surface area (Å²) in [5.74, 6) is 1.32. The van der Waals surface area contributed by atoms with E-state index >= 15 is 0 Å². The van der Waals surface area contributed by atoms with E-state index in [2.05, 4.69) is 15.4 Å². The zero-order chi connectivity index (χ0) is 18.0. The van der Waals surface area contributed by atoms with E-state index in [4.69, 9.17) is 11.6 Å². The number of halogens is 1. The SMILES string of the molecule is Cc1nc2n(n1)CCC[C@@H]2NC(=O)CSc1ccc(Cl)cc1[N+](=O)[O-]. The third kappa shape index (κ3) is 4.10. The highest BCUT2D eigenvalue weighted by molar-refractivity contribution is 8.00. The van der Waals surface area contributed by atoms with Crippen LogP contribution in [0.2, 0.25) is 5.02 Å². The number of amides is 1. The first kappa shape index (κ1) is 17.7. The van der Waals surface area contributed by atoms with E-state index < -0.39 is 4.92 Å². The van der Waals surface area contributed by atoms with Gasteiger partial charge in [-0.3, -0.25) is 14.9 Å². The summed E-state index contributed by atoms with van der Waals surface area (Å²) in [7, 11) is 0. The number of nitrogens with zero attached hydrogens (tertiary/aromatic N) is 4. The zero-order valence-electron chi connectivity index (χ0n) is 13.4. The molecule has 0 saturated heterocycles. The van der Waals surface area contributed by atoms with E-state index in [1.807, 2.05) is 11.6 Å². The Morgan fingerprint density at radius 3 is 3.12 bits per heavy atom. The molecule has 0 aliphatic carbocycles. The van der Waals surface area contributed by atoms with Crippen LogP contribution in [-0.2, 0) is 11.3 Å². The number of hydrogen-bond donors (Lipinski definition) is 1. The van der Waals surface area contributed by atoms with Gasteiger partial charge in [0.25, 0.3) is 5.69 Å². The number of benzene rings is 1. The lowest BCUT2D eigenvalue weighted by Gasteiger charge is -2.23. The van der Waals surface area contributed by atoms with Gasteiger partial charge in [0, 0.05) is 17.6 Å². The zero-order valence-corrected chi connectivity index (χ0v) is 15.0. The molecule has 2 heterocycles. The van der Waals surface area contributed by atoms with Crippen molar-refractivity contribution in [2.75, 3.05) is 5.75 Å². The first-order valence-corrected chi connectivity index (χ1v) is 9.08. The van der Waals surface area contributed by atoms with Crippen LogP contribution in [0.25, 0.3) is 0 Å². The molecule has 1 N–H and O–H groups in total. The van der Waals surface area contributed by atoms with Crippen molar-refractivity contribution < 1.29 is 9.72 Å². The fraction of sp³-hybridized carbons (Fsp3) is 0.400. The summed E-state index contributed by atoms with van der Waals surface area (Å²) in [6.07, 6.45) is 1.71. The first-order chi connectivity index (χ1) is 11.9. The topological polar surface area (TPSA) is 103 Å². The van der Waals surface area contributed by atoms with Crippen LogP contribution in [0.4, 0.5) is 5.69 Å². The Kier molecular flexibility index (Phi) is 5.24. The quantitative estimate of drug-likeness (QED) is 0.485. The van der Waals surface area contributed by atoms with Crippen molar-refractivity contribution in [1.29, 1.82) is 0 Å². The van der Waals surface area contributed by atoms with Gasteiger partial charge in [0.15, 0.2) is 0 Å². The number of nitro benzene ring substituents is 1. The predicted octanol–water partition coefficient (Wildman–Crippen LogP) is 2.89. The minimum Gasteiger partial charge on any atom is -0.345 e. The number of carbonyl (C=O) groups is 1. The molecule has 0 unspecified atom stereocenters. The molecular formula is C15H16ClN5O3S. The lowest BCUT2D eigenvalue weighted by Crippen LogP contribution is -2.34. The van der Waals surface area contributed by atoms with Crippen molar-refractivity contribution in [2.45, 2.75) is 37.2 Å². The van der Waals surface area contributed by atoms with Crippen LogP contribution in [0, 0.1) is 17.0 Å². The second-order valence-corrected chi connectivity index (χ2v) is 7.11. The van der Waals surface area contributed by atoms with Gasteiger partial charge in [-0.1, -0.05) is 11.6 Å². The molecule has 0 fully saturated rings. The number of nitro groups is 1. The number of rotatable bonds is 5. The summed E-state index contributed by atoms with van der Waals surface area (Å²) >= 11 is 6.91. The molecule has 1 aromatic heterocycles. The third-order valence-corrected chi connectivity index (χ3v) is 5.09. The van der Waals surface area contributed by atoms with Crippen molar-refractivity contribution >= 4 is 35.0 Å². The fourth-order valence-corrected chi connectivity index (χ4v) is 3.72. The molecule has 8 nitrogen and oxygen atoms in total. The first-order valence-electron chi connectivity index (χ1n) is 7.71. The maximum Gasteiger partial charge on any atom is 0.284 e. The lowest BCUT2D eigenvalue weighted by molar-refractivity contribution is -0.387. The van der Waals surface area contributed by atoms with Gasteiger partial charge >= 0.3 is 0 Å². The molecule has 0 radical (unpaired) electrons. The number of nitrogens with one attached hydrogen (secondary N) is 1. The second kappa shape index (κ2) is 7.40. The standard InChI is InChI=1S/C15H16ClN5O3S/c1-9-17-15-11(3-2-6-20(15)19-9)18-14(22)8-25-13-5-4-10(16)7-12(13)21(23)24/h4-5,7,11H,2-3,6,8H2,1H3,(H,18,22)/t11-/m0/s1. The monoisotopic (exact) mass is 381 g/mol. The maximum absolute atomic E-state index is 12.3. The highest BCUT2D eigenvalue weighted by Crippen LogP contribution is 2.31. The molecule has 1 atom stereocenters. The van der Waals surface area contributed by atoms with E-state index in [9.17, 15) is 14.9 Å². The van der Waals surface area contributed by atoms with Crippen LogP contribution in [0.3, 0.4) is 0 Å². The number of aryl methyl sites for hydroxylation is 2. The number of carbonyl (C=O) groups excluding carboxylic acids is 1. The van der Waals surface area contributed by atoms with E-state index in [-0.39, 0.29) is 28.4 Å².